The van der Waals surface area contributed by atoms with Gasteiger partial charge in [0.2, 0.25) is 5.91 Å². The molecule has 1 heterocycles. The zero-order chi connectivity index (χ0) is 15.4. The van der Waals surface area contributed by atoms with Crippen LogP contribution in [0.4, 0.5) is 4.39 Å². The van der Waals surface area contributed by atoms with Crippen LogP contribution in [-0.4, -0.2) is 35.7 Å². The number of carbonyl (C=O) groups is 1. The summed E-state index contributed by atoms with van der Waals surface area (Å²) < 4.78 is 20.7. The molecule has 0 bridgehead atoms. The van der Waals surface area contributed by atoms with Crippen LogP contribution in [0.3, 0.4) is 0 Å². The molecule has 0 saturated carbocycles. The lowest BCUT2D eigenvalue weighted by atomic mass is 10.3. The molecule has 1 N–H and O–H groups in total. The van der Waals surface area contributed by atoms with Gasteiger partial charge in [-0.1, -0.05) is 0 Å². The van der Waals surface area contributed by atoms with E-state index in [1.54, 1.807) is 17.7 Å². The van der Waals surface area contributed by atoms with Gasteiger partial charge in [0.25, 0.3) is 0 Å². The number of imidazole rings is 1. The number of aromatic nitrogens is 2. The molecule has 2 aromatic rings. The van der Waals surface area contributed by atoms with Gasteiger partial charge in [-0.05, 0) is 28.7 Å². The van der Waals surface area contributed by atoms with Crippen molar-refractivity contribution in [2.24, 2.45) is 0 Å². The number of alkyl halides is 1. The third kappa shape index (κ3) is 3.83. The Morgan fingerprint density at radius 1 is 1.57 bits per heavy atom. The molecule has 0 aliphatic carbocycles. The van der Waals surface area contributed by atoms with Gasteiger partial charge in [0, 0.05) is 19.7 Å². The summed E-state index contributed by atoms with van der Waals surface area (Å²) >= 11 is 7.77. The number of hydrogen-bond donors (Lipinski definition) is 1. The fourth-order valence-corrected chi connectivity index (χ4v) is 2.60. The van der Waals surface area contributed by atoms with Crippen LogP contribution >= 0.6 is 34.2 Å². The van der Waals surface area contributed by atoms with Crippen LogP contribution in [-0.2, 0) is 22.0 Å². The normalized spacial score (nSPS) is 11.0. The molecule has 5 nitrogen and oxygen atoms in total. The summed E-state index contributed by atoms with van der Waals surface area (Å²) in [5.41, 5.74) is 1.19. The zero-order valence-electron chi connectivity index (χ0n) is 11.3. The van der Waals surface area contributed by atoms with E-state index in [0.717, 1.165) is 0 Å². The van der Waals surface area contributed by atoms with Crippen molar-refractivity contribution in [3.63, 3.8) is 0 Å². The van der Waals surface area contributed by atoms with E-state index in [1.807, 2.05) is 22.6 Å². The van der Waals surface area contributed by atoms with Crippen molar-refractivity contribution in [2.45, 2.75) is 12.4 Å². The number of amides is 1. The van der Waals surface area contributed by atoms with Gasteiger partial charge in [0.15, 0.2) is 0 Å². The minimum Gasteiger partial charge on any atom is -0.383 e. The number of methoxy groups -OCH3 is 1. The van der Waals surface area contributed by atoms with Gasteiger partial charge >= 0.3 is 0 Å². The number of hydrogen-bond acceptors (Lipinski definition) is 3. The first-order valence-corrected chi connectivity index (χ1v) is 7.84. The minimum absolute atomic E-state index is 0.0439. The summed E-state index contributed by atoms with van der Waals surface area (Å²) in [7, 11) is 1.56. The first kappa shape index (κ1) is 16.4. The number of ether oxygens (including phenoxy) is 1. The van der Waals surface area contributed by atoms with E-state index in [2.05, 4.69) is 10.3 Å². The molecule has 0 fully saturated rings. The molecule has 1 aromatic carbocycles. The maximum atomic E-state index is 13.7. The Labute approximate surface area is 139 Å². The second-order valence-corrected chi connectivity index (χ2v) is 5.78. The molecular formula is C13H14ClFIN3O2. The maximum Gasteiger partial charge on any atom is 0.240 e. The molecule has 8 heteroatoms. The number of carbonyl (C=O) groups excluding carboxylic acids is 1. The van der Waals surface area contributed by atoms with Crippen molar-refractivity contribution in [2.75, 3.05) is 20.3 Å². The van der Waals surface area contributed by atoms with Crippen molar-refractivity contribution >= 4 is 51.1 Å². The highest BCUT2D eigenvalue weighted by Gasteiger charge is 2.15. The average Bonchev–Trinajstić information content (AvgIpc) is 2.77. The molecule has 0 aliphatic heterocycles. The van der Waals surface area contributed by atoms with Crippen molar-refractivity contribution in [3.8, 4) is 0 Å². The fraction of sp³-hybridized carbons (Fsp3) is 0.385. The summed E-state index contributed by atoms with van der Waals surface area (Å²) in [5.74, 6) is 0.148. The van der Waals surface area contributed by atoms with Gasteiger partial charge < -0.3 is 14.6 Å². The van der Waals surface area contributed by atoms with Crippen LogP contribution in [0.1, 0.15) is 5.82 Å². The Bertz CT molecular complexity index is 662. The predicted octanol–water partition coefficient (Wildman–Crippen LogP) is 2.28. The van der Waals surface area contributed by atoms with Crippen LogP contribution in [0.15, 0.2) is 12.1 Å². The van der Waals surface area contributed by atoms with Crippen molar-refractivity contribution in [3.05, 3.63) is 27.3 Å². The lowest BCUT2D eigenvalue weighted by molar-refractivity contribution is -0.121. The molecule has 1 amide bonds. The SMILES string of the molecule is COCCNC(=O)Cn1c(CCl)nc2cc(I)c(F)cc21. The van der Waals surface area contributed by atoms with Crippen LogP contribution in [0.2, 0.25) is 0 Å². The Morgan fingerprint density at radius 2 is 2.33 bits per heavy atom. The summed E-state index contributed by atoms with van der Waals surface area (Å²) in [6, 6.07) is 3.02. The Morgan fingerprint density at radius 3 is 3.00 bits per heavy atom. The van der Waals surface area contributed by atoms with Gasteiger partial charge in [-0.3, -0.25) is 4.79 Å². The largest absolute Gasteiger partial charge is 0.383 e. The second-order valence-electron chi connectivity index (χ2n) is 4.35. The monoisotopic (exact) mass is 425 g/mol. The predicted molar refractivity (Wildman–Crippen MR) is 86.9 cm³/mol. The molecule has 0 atom stereocenters. The molecule has 0 radical (unpaired) electrons. The molecule has 114 valence electrons. The van der Waals surface area contributed by atoms with Crippen LogP contribution < -0.4 is 5.32 Å². The number of nitrogens with zero attached hydrogens (tertiary/aromatic N) is 2. The highest BCUT2D eigenvalue weighted by Crippen LogP contribution is 2.22. The van der Waals surface area contributed by atoms with E-state index in [9.17, 15) is 9.18 Å². The smallest absolute Gasteiger partial charge is 0.240 e. The molecule has 0 saturated heterocycles. The van der Waals surface area contributed by atoms with Gasteiger partial charge in [0.05, 0.1) is 27.1 Å². The number of benzene rings is 1. The Kier molecular flexibility index (Phi) is 5.77. The number of nitrogens with one attached hydrogen (secondary N) is 1. The fourth-order valence-electron chi connectivity index (χ4n) is 1.94. The Balaban J connectivity index is 2.29. The molecule has 0 aliphatic rings. The van der Waals surface area contributed by atoms with Gasteiger partial charge in [-0.15, -0.1) is 11.6 Å². The molecule has 1 aromatic heterocycles. The first-order chi connectivity index (χ1) is 10.1. The summed E-state index contributed by atoms with van der Waals surface area (Å²) in [6.07, 6.45) is 0. The van der Waals surface area contributed by atoms with Crippen LogP contribution in [0.25, 0.3) is 11.0 Å². The first-order valence-electron chi connectivity index (χ1n) is 6.22. The van der Waals surface area contributed by atoms with E-state index in [1.165, 1.54) is 6.07 Å². The minimum atomic E-state index is -0.342. The van der Waals surface area contributed by atoms with E-state index in [4.69, 9.17) is 16.3 Å². The van der Waals surface area contributed by atoms with E-state index < -0.39 is 0 Å². The van der Waals surface area contributed by atoms with E-state index in [-0.39, 0.29) is 24.1 Å². The molecule has 2 rings (SSSR count). The third-order valence-corrected chi connectivity index (χ3v) is 3.98. The molecule has 21 heavy (non-hydrogen) atoms. The van der Waals surface area contributed by atoms with Gasteiger partial charge in [-0.2, -0.15) is 0 Å². The van der Waals surface area contributed by atoms with Gasteiger partial charge in [0.1, 0.15) is 18.2 Å². The van der Waals surface area contributed by atoms with Gasteiger partial charge in [-0.25, -0.2) is 9.37 Å². The standard InChI is InChI=1S/C13H14ClFIN3O2/c1-21-3-2-17-13(20)7-19-11-4-8(15)9(16)5-10(11)18-12(19)6-14/h4-5H,2-3,6-7H2,1H3,(H,17,20). The average molecular weight is 426 g/mol. The van der Waals surface area contributed by atoms with Crippen LogP contribution in [0.5, 0.6) is 0 Å². The van der Waals surface area contributed by atoms with Crippen LogP contribution in [0, 0.1) is 9.39 Å². The number of rotatable bonds is 6. The van der Waals surface area contributed by atoms with E-state index >= 15 is 0 Å². The van der Waals surface area contributed by atoms with E-state index in [0.29, 0.717) is 33.6 Å². The quantitative estimate of drug-likeness (QED) is 0.439. The molecule has 0 unspecified atom stereocenters. The van der Waals surface area contributed by atoms with Crippen molar-refractivity contribution in [1.82, 2.24) is 14.9 Å². The highest BCUT2D eigenvalue weighted by molar-refractivity contribution is 14.1. The lowest BCUT2D eigenvalue weighted by Crippen LogP contribution is -2.30. The Hall–Kier alpha value is -0.930. The third-order valence-electron chi connectivity index (χ3n) is 2.92. The molecular weight excluding hydrogens is 412 g/mol. The maximum absolute atomic E-state index is 13.7. The number of halogens is 3. The summed E-state index contributed by atoms with van der Waals surface area (Å²) in [6.45, 7) is 0.901. The highest BCUT2D eigenvalue weighted by atomic mass is 127. The number of fused-ring (bicyclic) bond motifs is 1. The zero-order valence-corrected chi connectivity index (χ0v) is 14.2. The molecule has 0 spiro atoms. The summed E-state index contributed by atoms with van der Waals surface area (Å²) in [4.78, 5) is 16.2. The van der Waals surface area contributed by atoms with Crippen molar-refractivity contribution in [1.29, 1.82) is 0 Å². The topological polar surface area (TPSA) is 56.1 Å². The van der Waals surface area contributed by atoms with Crippen molar-refractivity contribution < 1.29 is 13.9 Å². The second kappa shape index (κ2) is 7.37. The summed E-state index contributed by atoms with van der Waals surface area (Å²) in [5, 5.41) is 2.71. The lowest BCUT2D eigenvalue weighted by Gasteiger charge is -2.08.